The van der Waals surface area contributed by atoms with Crippen molar-refractivity contribution >= 4 is 0 Å². The first-order chi connectivity index (χ1) is 5.73. The van der Waals surface area contributed by atoms with Gasteiger partial charge in [-0.1, -0.05) is 0 Å². The Labute approximate surface area is 72.2 Å². The molecule has 0 amide bonds. The summed E-state index contributed by atoms with van der Waals surface area (Å²) in [5, 5.41) is 0. The standard InChI is InChI=1S/C9H15NO2/c10-8-1-3-9(4-2-8,12-6-8)7-5-11-7/h7H,1-6,10H2. The number of rotatable bonds is 1. The molecule has 0 aromatic rings. The number of nitrogens with two attached hydrogens (primary N) is 1. The van der Waals surface area contributed by atoms with Gasteiger partial charge in [-0.15, -0.1) is 0 Å². The second-order valence-corrected chi connectivity index (χ2v) is 4.54. The molecule has 3 heterocycles. The van der Waals surface area contributed by atoms with Crippen molar-refractivity contribution < 1.29 is 9.47 Å². The van der Waals surface area contributed by atoms with Gasteiger partial charge in [0.1, 0.15) is 6.10 Å². The second kappa shape index (κ2) is 2.03. The van der Waals surface area contributed by atoms with Crippen LogP contribution in [0, 0.1) is 0 Å². The molecule has 4 aliphatic rings. The summed E-state index contributed by atoms with van der Waals surface area (Å²) in [6, 6.07) is 0. The molecule has 1 atom stereocenters. The van der Waals surface area contributed by atoms with Crippen molar-refractivity contribution in [1.29, 1.82) is 0 Å². The van der Waals surface area contributed by atoms with Gasteiger partial charge in [-0.25, -0.2) is 0 Å². The fraction of sp³-hybridized carbons (Fsp3) is 1.00. The highest BCUT2D eigenvalue weighted by molar-refractivity contribution is 5.08. The average Bonchev–Trinajstić information content (AvgIpc) is 2.89. The predicted octanol–water partition coefficient (Wildman–Crippen LogP) is 0.426. The van der Waals surface area contributed by atoms with Crippen molar-refractivity contribution in [2.24, 2.45) is 5.73 Å². The molecule has 2 N–H and O–H groups in total. The largest absolute Gasteiger partial charge is 0.370 e. The van der Waals surface area contributed by atoms with E-state index in [2.05, 4.69) is 0 Å². The molecule has 3 heteroatoms. The van der Waals surface area contributed by atoms with E-state index in [1.54, 1.807) is 0 Å². The second-order valence-electron chi connectivity index (χ2n) is 4.54. The normalized spacial score (nSPS) is 57.2. The third-order valence-corrected chi connectivity index (χ3v) is 3.66. The average molecular weight is 169 g/mol. The first-order valence-electron chi connectivity index (χ1n) is 4.77. The van der Waals surface area contributed by atoms with Crippen LogP contribution in [0.2, 0.25) is 0 Å². The SMILES string of the molecule is NC12CCC(C3CO3)(CC1)OC2. The number of epoxide rings is 1. The maximum absolute atomic E-state index is 6.11. The molecular weight excluding hydrogens is 154 g/mol. The summed E-state index contributed by atoms with van der Waals surface area (Å²) in [4.78, 5) is 0. The van der Waals surface area contributed by atoms with Crippen molar-refractivity contribution in [3.05, 3.63) is 0 Å². The van der Waals surface area contributed by atoms with Crippen molar-refractivity contribution in [2.45, 2.75) is 42.9 Å². The summed E-state index contributed by atoms with van der Waals surface area (Å²) in [5.41, 5.74) is 6.18. The van der Waals surface area contributed by atoms with Gasteiger partial charge in [-0.05, 0) is 25.7 Å². The molecule has 0 spiro atoms. The molecule has 0 radical (unpaired) electrons. The van der Waals surface area contributed by atoms with Gasteiger partial charge >= 0.3 is 0 Å². The number of fused-ring (bicyclic) bond motifs is 3. The third-order valence-electron chi connectivity index (χ3n) is 3.66. The van der Waals surface area contributed by atoms with Crippen molar-refractivity contribution in [3.8, 4) is 0 Å². The maximum atomic E-state index is 6.11. The van der Waals surface area contributed by atoms with E-state index in [4.69, 9.17) is 15.2 Å². The van der Waals surface area contributed by atoms with Gasteiger partial charge in [0, 0.05) is 5.54 Å². The van der Waals surface area contributed by atoms with Crippen molar-refractivity contribution in [2.75, 3.05) is 13.2 Å². The summed E-state index contributed by atoms with van der Waals surface area (Å²) in [6.45, 7) is 1.64. The lowest BCUT2D eigenvalue weighted by Crippen LogP contribution is -2.61. The van der Waals surface area contributed by atoms with Gasteiger partial charge in [0.2, 0.25) is 0 Å². The van der Waals surface area contributed by atoms with E-state index in [-0.39, 0.29) is 11.1 Å². The van der Waals surface area contributed by atoms with Crippen LogP contribution in [0.15, 0.2) is 0 Å². The summed E-state index contributed by atoms with van der Waals surface area (Å²) in [7, 11) is 0. The van der Waals surface area contributed by atoms with Crippen LogP contribution < -0.4 is 5.73 Å². The van der Waals surface area contributed by atoms with Crippen molar-refractivity contribution in [1.82, 2.24) is 0 Å². The summed E-state index contributed by atoms with van der Waals surface area (Å²) in [6.07, 6.45) is 4.84. The molecule has 4 fully saturated rings. The van der Waals surface area contributed by atoms with E-state index in [0.29, 0.717) is 6.10 Å². The Balaban J connectivity index is 1.83. The molecule has 1 aliphatic carbocycles. The van der Waals surface area contributed by atoms with Crippen LogP contribution in [0.25, 0.3) is 0 Å². The molecule has 1 saturated carbocycles. The van der Waals surface area contributed by atoms with Gasteiger partial charge in [0.25, 0.3) is 0 Å². The molecule has 0 aromatic heterocycles. The maximum Gasteiger partial charge on any atom is 0.110 e. The fourth-order valence-electron chi connectivity index (χ4n) is 2.51. The highest BCUT2D eigenvalue weighted by atomic mass is 16.6. The van der Waals surface area contributed by atoms with Crippen LogP contribution in [-0.2, 0) is 9.47 Å². The van der Waals surface area contributed by atoms with Crippen LogP contribution in [-0.4, -0.2) is 30.5 Å². The van der Waals surface area contributed by atoms with Crippen LogP contribution in [0.1, 0.15) is 25.7 Å². The first kappa shape index (κ1) is 7.30. The molecule has 68 valence electrons. The van der Waals surface area contributed by atoms with E-state index >= 15 is 0 Å². The number of hydrogen-bond acceptors (Lipinski definition) is 3. The summed E-state index contributed by atoms with van der Waals surface area (Å²) in [5.74, 6) is 0. The van der Waals surface area contributed by atoms with Crippen LogP contribution in [0.3, 0.4) is 0 Å². The summed E-state index contributed by atoms with van der Waals surface area (Å²) >= 11 is 0. The lowest BCUT2D eigenvalue weighted by Gasteiger charge is -2.50. The first-order valence-corrected chi connectivity index (χ1v) is 4.77. The van der Waals surface area contributed by atoms with E-state index < -0.39 is 0 Å². The van der Waals surface area contributed by atoms with Crippen LogP contribution in [0.5, 0.6) is 0 Å². The quantitative estimate of drug-likeness (QED) is 0.579. The molecule has 1 unspecified atom stereocenters. The Morgan fingerprint density at radius 2 is 1.83 bits per heavy atom. The molecule has 3 saturated heterocycles. The molecule has 0 aromatic carbocycles. The van der Waals surface area contributed by atoms with Gasteiger partial charge in [-0.3, -0.25) is 0 Å². The Hall–Kier alpha value is -0.120. The zero-order valence-electron chi connectivity index (χ0n) is 7.21. The number of ether oxygens (including phenoxy) is 2. The van der Waals surface area contributed by atoms with E-state index in [1.807, 2.05) is 0 Å². The molecule has 4 rings (SSSR count). The van der Waals surface area contributed by atoms with E-state index in [9.17, 15) is 0 Å². The topological polar surface area (TPSA) is 47.8 Å². The van der Waals surface area contributed by atoms with Crippen LogP contribution in [0.4, 0.5) is 0 Å². The third kappa shape index (κ3) is 0.873. The van der Waals surface area contributed by atoms with Crippen molar-refractivity contribution in [3.63, 3.8) is 0 Å². The summed E-state index contributed by atoms with van der Waals surface area (Å²) < 4.78 is 11.2. The highest BCUT2D eigenvalue weighted by Gasteiger charge is 2.56. The molecule has 12 heavy (non-hydrogen) atoms. The Morgan fingerprint density at radius 3 is 2.25 bits per heavy atom. The van der Waals surface area contributed by atoms with E-state index in [0.717, 1.165) is 38.9 Å². The molecule has 3 nitrogen and oxygen atoms in total. The lowest BCUT2D eigenvalue weighted by molar-refractivity contribution is -0.163. The molecular formula is C9H15NO2. The monoisotopic (exact) mass is 169 g/mol. The Morgan fingerprint density at radius 1 is 1.17 bits per heavy atom. The smallest absolute Gasteiger partial charge is 0.110 e. The number of hydrogen-bond donors (Lipinski definition) is 1. The van der Waals surface area contributed by atoms with Gasteiger partial charge < -0.3 is 15.2 Å². The molecule has 3 aliphatic heterocycles. The Bertz CT molecular complexity index is 188. The van der Waals surface area contributed by atoms with Gasteiger partial charge in [-0.2, -0.15) is 0 Å². The zero-order valence-corrected chi connectivity index (χ0v) is 7.21. The Kier molecular flexibility index (Phi) is 1.23. The van der Waals surface area contributed by atoms with Crippen LogP contribution >= 0.6 is 0 Å². The predicted molar refractivity (Wildman–Crippen MR) is 43.8 cm³/mol. The van der Waals surface area contributed by atoms with Gasteiger partial charge in [0.15, 0.2) is 0 Å². The minimum atomic E-state index is -0.00333. The van der Waals surface area contributed by atoms with Gasteiger partial charge in [0.05, 0.1) is 18.8 Å². The minimum Gasteiger partial charge on any atom is -0.370 e. The van der Waals surface area contributed by atoms with E-state index in [1.165, 1.54) is 0 Å². The minimum absolute atomic E-state index is 0.00333. The molecule has 2 bridgehead atoms. The zero-order chi connectivity index (χ0) is 8.23. The lowest BCUT2D eigenvalue weighted by atomic mass is 9.70. The highest BCUT2D eigenvalue weighted by Crippen LogP contribution is 2.47. The fourth-order valence-corrected chi connectivity index (χ4v) is 2.51.